The van der Waals surface area contributed by atoms with Crippen LogP contribution in [0.4, 0.5) is 11.6 Å². The third kappa shape index (κ3) is 6.24. The molecule has 1 aliphatic heterocycles. The van der Waals surface area contributed by atoms with Gasteiger partial charge >= 0.3 is 0 Å². The standard InChI is InChI=1S/C25H35N7O2/c1-19-13-20(2)32(30-19)11-12-34-22-7-5-21(6-8-22)15-27-16-25(33)9-4-10-31(17-25)24-14-23(26-3)28-18-29-24/h5-8,13-14,18,27,33H,4,9-12,15-17H2,1-3H3,(H,26,28,29)/t25-/m0/s1. The van der Waals surface area contributed by atoms with Gasteiger partial charge in [0, 0.05) is 45.0 Å². The summed E-state index contributed by atoms with van der Waals surface area (Å²) >= 11 is 0. The Morgan fingerprint density at radius 3 is 2.71 bits per heavy atom. The van der Waals surface area contributed by atoms with Gasteiger partial charge in [0.05, 0.1) is 17.8 Å². The van der Waals surface area contributed by atoms with Crippen molar-refractivity contribution in [3.8, 4) is 5.75 Å². The maximum atomic E-state index is 11.2. The Morgan fingerprint density at radius 1 is 1.15 bits per heavy atom. The van der Waals surface area contributed by atoms with E-state index in [1.54, 1.807) is 6.33 Å². The fourth-order valence-corrected chi connectivity index (χ4v) is 4.40. The highest BCUT2D eigenvalue weighted by Gasteiger charge is 2.33. The Bertz CT molecular complexity index is 1070. The van der Waals surface area contributed by atoms with Gasteiger partial charge in [0.15, 0.2) is 0 Å². The van der Waals surface area contributed by atoms with Crippen LogP contribution in [0.5, 0.6) is 5.75 Å². The summed E-state index contributed by atoms with van der Waals surface area (Å²) in [5.41, 5.74) is 2.52. The van der Waals surface area contributed by atoms with Gasteiger partial charge in [-0.25, -0.2) is 9.97 Å². The van der Waals surface area contributed by atoms with Crippen LogP contribution in [0.25, 0.3) is 0 Å². The Morgan fingerprint density at radius 2 is 1.97 bits per heavy atom. The highest BCUT2D eigenvalue weighted by atomic mass is 16.5. The Labute approximate surface area is 201 Å². The van der Waals surface area contributed by atoms with E-state index in [1.807, 2.05) is 36.9 Å². The minimum Gasteiger partial charge on any atom is -0.492 e. The molecule has 34 heavy (non-hydrogen) atoms. The molecular weight excluding hydrogens is 430 g/mol. The average molecular weight is 466 g/mol. The molecule has 4 rings (SSSR count). The fraction of sp³-hybridized carbons (Fsp3) is 0.480. The molecule has 9 heteroatoms. The molecule has 0 unspecified atom stereocenters. The quantitative estimate of drug-likeness (QED) is 0.420. The van der Waals surface area contributed by atoms with E-state index >= 15 is 0 Å². The van der Waals surface area contributed by atoms with Crippen molar-refractivity contribution in [3.05, 3.63) is 59.7 Å². The summed E-state index contributed by atoms with van der Waals surface area (Å²) in [5, 5.41) is 22.1. The zero-order chi connectivity index (χ0) is 24.0. The molecule has 1 aromatic carbocycles. The highest BCUT2D eigenvalue weighted by Crippen LogP contribution is 2.25. The first kappa shape index (κ1) is 24.0. The number of ether oxygens (including phenoxy) is 1. The summed E-state index contributed by atoms with van der Waals surface area (Å²) in [7, 11) is 1.84. The number of hydrogen-bond acceptors (Lipinski definition) is 8. The lowest BCUT2D eigenvalue weighted by molar-refractivity contribution is 0.0259. The van der Waals surface area contributed by atoms with E-state index in [0.29, 0.717) is 26.2 Å². The summed E-state index contributed by atoms with van der Waals surface area (Å²) in [6, 6.07) is 12.1. The van der Waals surface area contributed by atoms with Gasteiger partial charge in [0.25, 0.3) is 0 Å². The highest BCUT2D eigenvalue weighted by molar-refractivity contribution is 5.48. The minimum atomic E-state index is -0.797. The smallest absolute Gasteiger partial charge is 0.134 e. The second kappa shape index (κ2) is 10.8. The monoisotopic (exact) mass is 465 g/mol. The lowest BCUT2D eigenvalue weighted by atomic mass is 9.92. The number of β-amino-alcohol motifs (C(OH)–C–C–N with tert-alkyl or cyclic N) is 1. The molecule has 182 valence electrons. The van der Waals surface area contributed by atoms with Gasteiger partial charge in [-0.05, 0) is 50.5 Å². The van der Waals surface area contributed by atoms with Crippen LogP contribution >= 0.6 is 0 Å². The largest absolute Gasteiger partial charge is 0.492 e. The van der Waals surface area contributed by atoms with E-state index in [2.05, 4.69) is 55.7 Å². The molecule has 1 aliphatic rings. The van der Waals surface area contributed by atoms with Crippen LogP contribution < -0.4 is 20.3 Å². The number of piperidine rings is 1. The molecule has 0 aliphatic carbocycles. The number of nitrogens with one attached hydrogen (secondary N) is 2. The van der Waals surface area contributed by atoms with Gasteiger partial charge in [-0.2, -0.15) is 5.10 Å². The van der Waals surface area contributed by atoms with Gasteiger partial charge in [-0.1, -0.05) is 12.1 Å². The SMILES string of the molecule is CNc1cc(N2CCC[C@](O)(CNCc3ccc(OCCn4nc(C)cc4C)cc3)C2)ncn1. The van der Waals surface area contributed by atoms with E-state index < -0.39 is 5.60 Å². The van der Waals surface area contributed by atoms with E-state index in [-0.39, 0.29) is 0 Å². The van der Waals surface area contributed by atoms with Crippen LogP contribution in [0, 0.1) is 13.8 Å². The third-order valence-corrected chi connectivity index (χ3v) is 6.17. The maximum absolute atomic E-state index is 11.2. The number of rotatable bonds is 10. The number of aromatic nitrogens is 4. The second-order valence-corrected chi connectivity index (χ2v) is 9.01. The summed E-state index contributed by atoms with van der Waals surface area (Å²) in [5.74, 6) is 2.46. The summed E-state index contributed by atoms with van der Waals surface area (Å²) in [6.45, 7) is 7.98. The molecule has 0 radical (unpaired) electrons. The predicted molar refractivity (Wildman–Crippen MR) is 133 cm³/mol. The molecule has 1 atom stereocenters. The first-order valence-corrected chi connectivity index (χ1v) is 11.8. The van der Waals surface area contributed by atoms with Crippen LogP contribution in [0.2, 0.25) is 0 Å². The molecule has 3 aromatic rings. The van der Waals surface area contributed by atoms with Gasteiger partial charge in [-0.3, -0.25) is 4.68 Å². The molecule has 2 aromatic heterocycles. The number of hydrogen-bond donors (Lipinski definition) is 3. The fourth-order valence-electron chi connectivity index (χ4n) is 4.40. The summed E-state index contributed by atoms with van der Waals surface area (Å²) in [6.07, 6.45) is 3.24. The normalized spacial score (nSPS) is 18.2. The van der Waals surface area contributed by atoms with E-state index in [9.17, 15) is 5.11 Å². The maximum Gasteiger partial charge on any atom is 0.134 e. The molecule has 0 spiro atoms. The minimum absolute atomic E-state index is 0.522. The average Bonchev–Trinajstić information content (AvgIpc) is 3.16. The van der Waals surface area contributed by atoms with Crippen molar-refractivity contribution >= 4 is 11.6 Å². The van der Waals surface area contributed by atoms with Crippen molar-refractivity contribution in [2.24, 2.45) is 0 Å². The number of nitrogens with zero attached hydrogens (tertiary/aromatic N) is 5. The van der Waals surface area contributed by atoms with Crippen LogP contribution in [0.15, 0.2) is 42.7 Å². The Kier molecular flexibility index (Phi) is 7.64. The lowest BCUT2D eigenvalue weighted by Gasteiger charge is -2.40. The topological polar surface area (TPSA) is 100 Å². The van der Waals surface area contributed by atoms with E-state index in [0.717, 1.165) is 60.3 Å². The van der Waals surface area contributed by atoms with Crippen molar-refractivity contribution in [1.82, 2.24) is 25.1 Å². The molecule has 1 saturated heterocycles. The first-order valence-electron chi connectivity index (χ1n) is 11.8. The summed E-state index contributed by atoms with van der Waals surface area (Å²) in [4.78, 5) is 10.7. The van der Waals surface area contributed by atoms with Crippen molar-refractivity contribution in [1.29, 1.82) is 0 Å². The number of aliphatic hydroxyl groups is 1. The van der Waals surface area contributed by atoms with Gasteiger partial charge in [0.2, 0.25) is 0 Å². The molecule has 0 amide bonds. The molecule has 3 N–H and O–H groups in total. The van der Waals surface area contributed by atoms with Crippen molar-refractivity contribution in [3.63, 3.8) is 0 Å². The van der Waals surface area contributed by atoms with Crippen molar-refractivity contribution in [2.45, 2.75) is 45.4 Å². The molecule has 9 nitrogen and oxygen atoms in total. The van der Waals surface area contributed by atoms with Crippen molar-refractivity contribution in [2.75, 3.05) is 43.5 Å². The number of anilines is 2. The van der Waals surface area contributed by atoms with E-state index in [1.165, 1.54) is 0 Å². The zero-order valence-corrected chi connectivity index (χ0v) is 20.3. The number of benzene rings is 1. The molecule has 0 saturated carbocycles. The molecular formula is C25H35N7O2. The number of aryl methyl sites for hydroxylation is 2. The van der Waals surface area contributed by atoms with Gasteiger partial charge < -0.3 is 25.4 Å². The zero-order valence-electron chi connectivity index (χ0n) is 20.3. The van der Waals surface area contributed by atoms with Gasteiger partial charge in [-0.15, -0.1) is 0 Å². The summed E-state index contributed by atoms with van der Waals surface area (Å²) < 4.78 is 7.84. The van der Waals surface area contributed by atoms with Crippen molar-refractivity contribution < 1.29 is 9.84 Å². The Hall–Kier alpha value is -3.17. The Balaban J connectivity index is 1.23. The first-order chi connectivity index (χ1) is 16.4. The second-order valence-electron chi connectivity index (χ2n) is 9.01. The molecule has 0 bridgehead atoms. The van der Waals surface area contributed by atoms with Crippen LogP contribution in [0.1, 0.15) is 29.8 Å². The van der Waals surface area contributed by atoms with Gasteiger partial charge in [0.1, 0.15) is 30.3 Å². The van der Waals surface area contributed by atoms with Crippen LogP contribution in [-0.4, -0.2) is 63.7 Å². The third-order valence-electron chi connectivity index (χ3n) is 6.17. The van der Waals surface area contributed by atoms with E-state index in [4.69, 9.17) is 4.74 Å². The lowest BCUT2D eigenvalue weighted by Crippen LogP contribution is -2.53. The predicted octanol–water partition coefficient (Wildman–Crippen LogP) is 2.53. The molecule has 3 heterocycles. The molecule has 1 fully saturated rings. The van der Waals surface area contributed by atoms with Crippen LogP contribution in [-0.2, 0) is 13.1 Å². The van der Waals surface area contributed by atoms with Crippen LogP contribution in [0.3, 0.4) is 0 Å².